The number of carbonyl (C=O) groups excluding carboxylic acids is 1. The molecular weight excluding hydrogens is 412 g/mol. The highest BCUT2D eigenvalue weighted by molar-refractivity contribution is 7.89. The van der Waals surface area contributed by atoms with Crippen LogP contribution >= 0.6 is 0 Å². The average Bonchev–Trinajstić information content (AvgIpc) is 3.48. The van der Waals surface area contributed by atoms with Crippen molar-refractivity contribution in [3.8, 4) is 5.69 Å². The van der Waals surface area contributed by atoms with E-state index in [0.29, 0.717) is 23.7 Å². The number of piperazine rings is 1. The van der Waals surface area contributed by atoms with Gasteiger partial charge in [0, 0.05) is 31.9 Å². The summed E-state index contributed by atoms with van der Waals surface area (Å²) < 4.78 is 29.5. The number of sulfonamides is 1. The summed E-state index contributed by atoms with van der Waals surface area (Å²) in [5, 5.41) is 0. The van der Waals surface area contributed by atoms with Crippen LogP contribution in [0.1, 0.15) is 28.0 Å². The van der Waals surface area contributed by atoms with Gasteiger partial charge in [-0.3, -0.25) is 9.36 Å². The Bertz CT molecular complexity index is 1210. The highest BCUT2D eigenvalue weighted by Crippen LogP contribution is 2.27. The van der Waals surface area contributed by atoms with Crippen molar-refractivity contribution < 1.29 is 13.2 Å². The Morgan fingerprint density at radius 2 is 1.65 bits per heavy atom. The number of rotatable bonds is 4. The molecule has 0 N–H and O–H groups in total. The number of imidazole rings is 1. The molecule has 3 aromatic rings. The molecule has 2 aromatic carbocycles. The number of aryl methyl sites for hydroxylation is 2. The molecule has 31 heavy (non-hydrogen) atoms. The Hall–Kier alpha value is -2.97. The van der Waals surface area contributed by atoms with Gasteiger partial charge in [0.05, 0.1) is 17.4 Å². The molecule has 1 aliphatic carbocycles. The van der Waals surface area contributed by atoms with Crippen molar-refractivity contribution in [3.63, 3.8) is 0 Å². The minimum Gasteiger partial charge on any atom is -0.335 e. The molecule has 0 bridgehead atoms. The van der Waals surface area contributed by atoms with Crippen LogP contribution in [0.25, 0.3) is 5.69 Å². The Balaban J connectivity index is 1.30. The molecule has 0 radical (unpaired) electrons. The fraction of sp³-hybridized carbons (Fsp3) is 0.304. The molecule has 8 heteroatoms. The topological polar surface area (TPSA) is 75.5 Å². The number of aromatic nitrogens is 2. The van der Waals surface area contributed by atoms with E-state index in [2.05, 4.69) is 4.98 Å². The van der Waals surface area contributed by atoms with Crippen LogP contribution in [0.5, 0.6) is 0 Å². The molecule has 1 amide bonds. The van der Waals surface area contributed by atoms with Crippen LogP contribution in [0.15, 0.2) is 66.0 Å². The molecule has 1 aromatic heterocycles. The molecule has 0 spiro atoms. The molecule has 5 rings (SSSR count). The molecular formula is C23H24N4O3S. The third-order valence-corrected chi connectivity index (χ3v) is 8.02. The molecule has 0 atom stereocenters. The number of benzene rings is 2. The van der Waals surface area contributed by atoms with Gasteiger partial charge in [-0.15, -0.1) is 0 Å². The van der Waals surface area contributed by atoms with E-state index >= 15 is 0 Å². The summed E-state index contributed by atoms with van der Waals surface area (Å²) in [4.78, 5) is 19.3. The lowest BCUT2D eigenvalue weighted by atomic mass is 10.1. The van der Waals surface area contributed by atoms with Crippen LogP contribution in [0.4, 0.5) is 0 Å². The first-order chi connectivity index (χ1) is 15.0. The van der Waals surface area contributed by atoms with Gasteiger partial charge in [0.2, 0.25) is 10.0 Å². The molecule has 0 saturated carbocycles. The van der Waals surface area contributed by atoms with Gasteiger partial charge in [-0.05, 0) is 54.7 Å². The zero-order valence-electron chi connectivity index (χ0n) is 17.1. The second-order valence-corrected chi connectivity index (χ2v) is 9.90. The largest absolute Gasteiger partial charge is 0.335 e. The lowest BCUT2D eigenvalue weighted by Gasteiger charge is -2.34. The van der Waals surface area contributed by atoms with Gasteiger partial charge in [0.25, 0.3) is 5.91 Å². The summed E-state index contributed by atoms with van der Waals surface area (Å²) in [6.07, 6.45) is 6.23. The van der Waals surface area contributed by atoms with Crippen molar-refractivity contribution in [1.29, 1.82) is 0 Å². The lowest BCUT2D eigenvalue weighted by Crippen LogP contribution is -2.50. The van der Waals surface area contributed by atoms with E-state index in [1.807, 2.05) is 42.5 Å². The number of carbonyl (C=O) groups is 1. The summed E-state index contributed by atoms with van der Waals surface area (Å²) in [6.45, 7) is 1.27. The summed E-state index contributed by atoms with van der Waals surface area (Å²) in [6, 6.07) is 15.1. The van der Waals surface area contributed by atoms with E-state index in [9.17, 15) is 13.2 Å². The van der Waals surface area contributed by atoms with Gasteiger partial charge < -0.3 is 4.90 Å². The fourth-order valence-electron chi connectivity index (χ4n) is 4.40. The second-order valence-electron chi connectivity index (χ2n) is 7.96. The summed E-state index contributed by atoms with van der Waals surface area (Å²) in [5.74, 6) is -0.143. The molecule has 7 nitrogen and oxygen atoms in total. The molecule has 2 heterocycles. The predicted molar refractivity (Wildman–Crippen MR) is 117 cm³/mol. The first-order valence-corrected chi connectivity index (χ1v) is 12.0. The van der Waals surface area contributed by atoms with Crippen molar-refractivity contribution in [1.82, 2.24) is 18.8 Å². The van der Waals surface area contributed by atoms with Crippen LogP contribution in [0.3, 0.4) is 0 Å². The Morgan fingerprint density at radius 3 is 2.42 bits per heavy atom. The number of hydrogen-bond acceptors (Lipinski definition) is 4. The Morgan fingerprint density at radius 1 is 0.903 bits per heavy atom. The highest BCUT2D eigenvalue weighted by atomic mass is 32.2. The fourth-order valence-corrected chi connectivity index (χ4v) is 5.87. The third-order valence-electron chi connectivity index (χ3n) is 6.13. The van der Waals surface area contributed by atoms with Crippen molar-refractivity contribution in [3.05, 3.63) is 77.9 Å². The third kappa shape index (κ3) is 3.66. The second kappa shape index (κ2) is 7.94. The summed E-state index contributed by atoms with van der Waals surface area (Å²) in [5.41, 5.74) is 3.73. The van der Waals surface area contributed by atoms with Crippen molar-refractivity contribution in [2.24, 2.45) is 0 Å². The number of fused-ring (bicyclic) bond motifs is 1. The van der Waals surface area contributed by atoms with Crippen LogP contribution in [0, 0.1) is 0 Å². The van der Waals surface area contributed by atoms with Gasteiger partial charge in [-0.1, -0.05) is 24.3 Å². The normalized spacial score (nSPS) is 17.0. The van der Waals surface area contributed by atoms with E-state index in [0.717, 1.165) is 30.5 Å². The van der Waals surface area contributed by atoms with Gasteiger partial charge >= 0.3 is 0 Å². The molecule has 1 saturated heterocycles. The molecule has 1 fully saturated rings. The minimum atomic E-state index is -3.56. The number of hydrogen-bond donors (Lipinski definition) is 0. The van der Waals surface area contributed by atoms with E-state index < -0.39 is 10.0 Å². The minimum absolute atomic E-state index is 0.143. The van der Waals surface area contributed by atoms with Crippen LogP contribution in [0.2, 0.25) is 0 Å². The smallest absolute Gasteiger partial charge is 0.272 e. The van der Waals surface area contributed by atoms with E-state index in [-0.39, 0.29) is 19.0 Å². The van der Waals surface area contributed by atoms with E-state index in [1.165, 1.54) is 9.87 Å². The number of para-hydroxylation sites is 1. The lowest BCUT2D eigenvalue weighted by molar-refractivity contribution is 0.0690. The molecule has 0 unspecified atom stereocenters. The first-order valence-electron chi connectivity index (χ1n) is 10.5. The van der Waals surface area contributed by atoms with Crippen molar-refractivity contribution in [2.45, 2.75) is 24.2 Å². The van der Waals surface area contributed by atoms with Crippen molar-refractivity contribution in [2.75, 3.05) is 26.2 Å². The van der Waals surface area contributed by atoms with E-state index in [1.54, 1.807) is 28.1 Å². The maximum absolute atomic E-state index is 13.1. The van der Waals surface area contributed by atoms with Gasteiger partial charge in [0.15, 0.2) is 0 Å². The Kier molecular flexibility index (Phi) is 5.11. The average molecular weight is 437 g/mol. The Labute approximate surface area is 182 Å². The highest BCUT2D eigenvalue weighted by Gasteiger charge is 2.32. The molecule has 1 aliphatic heterocycles. The number of amides is 1. The monoisotopic (exact) mass is 436 g/mol. The zero-order valence-corrected chi connectivity index (χ0v) is 18.0. The summed E-state index contributed by atoms with van der Waals surface area (Å²) >= 11 is 0. The predicted octanol–water partition coefficient (Wildman–Crippen LogP) is 2.51. The van der Waals surface area contributed by atoms with E-state index in [4.69, 9.17) is 0 Å². The van der Waals surface area contributed by atoms with Crippen LogP contribution < -0.4 is 0 Å². The van der Waals surface area contributed by atoms with Gasteiger partial charge in [-0.25, -0.2) is 13.4 Å². The first kappa shape index (κ1) is 20.0. The summed E-state index contributed by atoms with van der Waals surface area (Å²) in [7, 11) is -3.56. The number of nitrogens with zero attached hydrogens (tertiary/aromatic N) is 4. The maximum Gasteiger partial charge on any atom is 0.272 e. The van der Waals surface area contributed by atoms with Crippen molar-refractivity contribution >= 4 is 15.9 Å². The maximum atomic E-state index is 13.1. The molecule has 2 aliphatic rings. The van der Waals surface area contributed by atoms with Crippen LogP contribution in [-0.2, 0) is 22.9 Å². The molecule has 160 valence electrons. The zero-order chi connectivity index (χ0) is 21.4. The SMILES string of the molecule is O=C(c1cncn1-c1ccccc1)N1CCN(S(=O)(=O)c2ccc3c(c2)CCC3)CC1. The van der Waals surface area contributed by atoms with Crippen LogP contribution in [-0.4, -0.2) is 59.3 Å². The van der Waals surface area contributed by atoms with Gasteiger partial charge in [-0.2, -0.15) is 4.31 Å². The van der Waals surface area contributed by atoms with Gasteiger partial charge in [0.1, 0.15) is 5.69 Å². The standard InChI is InChI=1S/C23H24N4O3S/c28-23(22-16-24-17-27(22)20-7-2-1-3-8-20)25-11-13-26(14-12-25)31(29,30)21-10-9-18-5-4-6-19(18)15-21/h1-3,7-10,15-17H,4-6,11-14H2. The quantitative estimate of drug-likeness (QED) is 0.630.